The van der Waals surface area contributed by atoms with Gasteiger partial charge in [-0.3, -0.25) is 9.59 Å². The van der Waals surface area contributed by atoms with Crippen LogP contribution >= 0.6 is 15.9 Å². The van der Waals surface area contributed by atoms with E-state index in [4.69, 9.17) is 5.11 Å². The summed E-state index contributed by atoms with van der Waals surface area (Å²) in [4.78, 5) is 27.0. The standard InChI is InChI=1S/C13H15BrN2O3/c1-15(5-6-17)12(18)8-16-7-10-9(13(16)19)3-2-4-11(10)14/h2-4,17H,5-8H2,1H3. The number of halogens is 1. The highest BCUT2D eigenvalue weighted by atomic mass is 79.9. The van der Waals surface area contributed by atoms with Crippen molar-refractivity contribution < 1.29 is 14.7 Å². The first kappa shape index (κ1) is 14.0. The lowest BCUT2D eigenvalue weighted by atomic mass is 10.1. The van der Waals surface area contributed by atoms with Crippen LogP contribution in [0.5, 0.6) is 0 Å². The number of hydrogen-bond donors (Lipinski definition) is 1. The zero-order chi connectivity index (χ0) is 14.0. The molecule has 0 aromatic heterocycles. The molecule has 0 unspecified atom stereocenters. The Bertz CT molecular complexity index is 519. The SMILES string of the molecule is CN(CCO)C(=O)CN1Cc2c(Br)cccc2C1=O. The first-order valence-electron chi connectivity index (χ1n) is 5.96. The molecule has 1 aliphatic rings. The lowest BCUT2D eigenvalue weighted by Crippen LogP contribution is -2.39. The molecule has 1 N–H and O–H groups in total. The van der Waals surface area contributed by atoms with Crippen LogP contribution in [0.2, 0.25) is 0 Å². The number of aliphatic hydroxyl groups is 1. The van der Waals surface area contributed by atoms with Crippen LogP contribution in [-0.4, -0.2) is 53.5 Å². The van der Waals surface area contributed by atoms with E-state index in [1.165, 1.54) is 9.80 Å². The quantitative estimate of drug-likeness (QED) is 0.892. The summed E-state index contributed by atoms with van der Waals surface area (Å²) in [5.74, 6) is -0.298. The zero-order valence-electron chi connectivity index (χ0n) is 10.6. The zero-order valence-corrected chi connectivity index (χ0v) is 12.2. The molecule has 1 heterocycles. The molecule has 0 saturated heterocycles. The number of carbonyl (C=O) groups is 2. The Hall–Kier alpha value is -1.40. The molecule has 0 spiro atoms. The number of rotatable bonds is 4. The molecule has 1 aromatic rings. The fourth-order valence-corrected chi connectivity index (χ4v) is 2.53. The Morgan fingerprint density at radius 3 is 2.89 bits per heavy atom. The highest BCUT2D eigenvalue weighted by Gasteiger charge is 2.30. The Morgan fingerprint density at radius 1 is 1.53 bits per heavy atom. The summed E-state index contributed by atoms with van der Waals surface area (Å²) in [6.45, 7) is 0.671. The normalized spacial score (nSPS) is 13.6. The number of carbonyl (C=O) groups excluding carboxylic acids is 2. The maximum Gasteiger partial charge on any atom is 0.255 e. The van der Waals surface area contributed by atoms with Crippen molar-refractivity contribution in [1.29, 1.82) is 0 Å². The summed E-state index contributed by atoms with van der Waals surface area (Å²) in [7, 11) is 1.61. The second-order valence-electron chi connectivity index (χ2n) is 4.47. The largest absolute Gasteiger partial charge is 0.395 e. The molecule has 0 fully saturated rings. The molecule has 19 heavy (non-hydrogen) atoms. The highest BCUT2D eigenvalue weighted by molar-refractivity contribution is 9.10. The Balaban J connectivity index is 2.08. The van der Waals surface area contributed by atoms with Gasteiger partial charge >= 0.3 is 0 Å². The predicted octanol–water partition coefficient (Wildman–Crippen LogP) is 0.856. The maximum absolute atomic E-state index is 12.1. The van der Waals surface area contributed by atoms with Gasteiger partial charge in [0, 0.05) is 30.2 Å². The van der Waals surface area contributed by atoms with E-state index < -0.39 is 0 Å². The Kier molecular flexibility index (Phi) is 4.21. The van der Waals surface area contributed by atoms with E-state index in [1.54, 1.807) is 13.1 Å². The van der Waals surface area contributed by atoms with E-state index in [-0.39, 0.29) is 31.5 Å². The number of benzene rings is 1. The third kappa shape index (κ3) is 2.79. The van der Waals surface area contributed by atoms with Gasteiger partial charge in [-0.1, -0.05) is 22.0 Å². The number of hydrogen-bond acceptors (Lipinski definition) is 3. The van der Waals surface area contributed by atoms with Crippen LogP contribution in [0.4, 0.5) is 0 Å². The van der Waals surface area contributed by atoms with Gasteiger partial charge in [-0.05, 0) is 17.7 Å². The molecule has 0 aliphatic carbocycles. The van der Waals surface area contributed by atoms with Gasteiger partial charge in [0.1, 0.15) is 6.54 Å². The molecule has 6 heteroatoms. The minimum Gasteiger partial charge on any atom is -0.395 e. The van der Waals surface area contributed by atoms with E-state index >= 15 is 0 Å². The molecule has 0 radical (unpaired) electrons. The van der Waals surface area contributed by atoms with Crippen LogP contribution in [0.1, 0.15) is 15.9 Å². The Morgan fingerprint density at radius 2 is 2.26 bits per heavy atom. The van der Waals surface area contributed by atoms with Crippen molar-refractivity contribution in [2.24, 2.45) is 0 Å². The molecule has 1 aromatic carbocycles. The van der Waals surface area contributed by atoms with E-state index in [1.807, 2.05) is 12.1 Å². The van der Waals surface area contributed by atoms with Crippen molar-refractivity contribution in [3.63, 3.8) is 0 Å². The molecular weight excluding hydrogens is 312 g/mol. The minimum absolute atomic E-state index is 0.0381. The van der Waals surface area contributed by atoms with Crippen LogP contribution in [0.15, 0.2) is 22.7 Å². The van der Waals surface area contributed by atoms with Crippen LogP contribution in [0.25, 0.3) is 0 Å². The van der Waals surface area contributed by atoms with Crippen molar-refractivity contribution in [1.82, 2.24) is 9.80 Å². The minimum atomic E-state index is -0.175. The van der Waals surface area contributed by atoms with Crippen molar-refractivity contribution >= 4 is 27.7 Å². The summed E-state index contributed by atoms with van der Waals surface area (Å²) in [6.07, 6.45) is 0. The molecular formula is C13H15BrN2O3. The number of fused-ring (bicyclic) bond motifs is 1. The van der Waals surface area contributed by atoms with Gasteiger partial charge in [-0.15, -0.1) is 0 Å². The van der Waals surface area contributed by atoms with Crippen molar-refractivity contribution in [2.45, 2.75) is 6.54 Å². The molecule has 1 aliphatic heterocycles. The molecule has 102 valence electrons. The molecule has 0 atom stereocenters. The summed E-state index contributed by atoms with van der Waals surface area (Å²) >= 11 is 3.41. The molecule has 0 saturated carbocycles. The third-order valence-corrected chi connectivity index (χ3v) is 3.92. The van der Waals surface area contributed by atoms with E-state index in [0.717, 1.165) is 10.0 Å². The topological polar surface area (TPSA) is 60.9 Å². The maximum atomic E-state index is 12.1. The lowest BCUT2D eigenvalue weighted by molar-refractivity contribution is -0.131. The summed E-state index contributed by atoms with van der Waals surface area (Å²) in [6, 6.07) is 5.46. The Labute approximate surface area is 119 Å². The first-order chi connectivity index (χ1) is 9.04. The van der Waals surface area contributed by atoms with Crippen LogP contribution < -0.4 is 0 Å². The van der Waals surface area contributed by atoms with Crippen LogP contribution in [-0.2, 0) is 11.3 Å². The number of aliphatic hydroxyl groups excluding tert-OH is 1. The second kappa shape index (κ2) is 5.71. The van der Waals surface area contributed by atoms with Crippen molar-refractivity contribution in [3.8, 4) is 0 Å². The van der Waals surface area contributed by atoms with E-state index in [2.05, 4.69) is 15.9 Å². The van der Waals surface area contributed by atoms with Gasteiger partial charge in [0.15, 0.2) is 0 Å². The van der Waals surface area contributed by atoms with Crippen LogP contribution in [0, 0.1) is 0 Å². The van der Waals surface area contributed by atoms with E-state index in [0.29, 0.717) is 12.1 Å². The average Bonchev–Trinajstić information content (AvgIpc) is 2.69. The number of nitrogens with zero attached hydrogens (tertiary/aromatic N) is 2. The number of amides is 2. The molecule has 5 nitrogen and oxygen atoms in total. The highest BCUT2D eigenvalue weighted by Crippen LogP contribution is 2.29. The molecule has 0 bridgehead atoms. The summed E-state index contributed by atoms with van der Waals surface area (Å²) in [5, 5.41) is 8.80. The van der Waals surface area contributed by atoms with Gasteiger partial charge in [-0.2, -0.15) is 0 Å². The van der Waals surface area contributed by atoms with Gasteiger partial charge in [0.05, 0.1) is 6.61 Å². The first-order valence-corrected chi connectivity index (χ1v) is 6.75. The smallest absolute Gasteiger partial charge is 0.255 e. The second-order valence-corrected chi connectivity index (χ2v) is 5.32. The molecule has 2 rings (SSSR count). The average molecular weight is 327 g/mol. The summed E-state index contributed by atoms with van der Waals surface area (Å²) < 4.78 is 0.886. The number of likely N-dealkylation sites (N-methyl/N-ethyl adjacent to an activating group) is 1. The van der Waals surface area contributed by atoms with Crippen molar-refractivity contribution in [3.05, 3.63) is 33.8 Å². The predicted molar refractivity (Wildman–Crippen MR) is 73.6 cm³/mol. The lowest BCUT2D eigenvalue weighted by Gasteiger charge is -2.20. The van der Waals surface area contributed by atoms with Crippen LogP contribution in [0.3, 0.4) is 0 Å². The monoisotopic (exact) mass is 326 g/mol. The fourth-order valence-electron chi connectivity index (χ4n) is 2.04. The molecule has 2 amide bonds. The van der Waals surface area contributed by atoms with Gasteiger partial charge < -0.3 is 14.9 Å². The van der Waals surface area contributed by atoms with Gasteiger partial charge in [0.25, 0.3) is 5.91 Å². The summed E-state index contributed by atoms with van der Waals surface area (Å²) in [5.41, 5.74) is 1.57. The van der Waals surface area contributed by atoms with Crippen molar-refractivity contribution in [2.75, 3.05) is 26.7 Å². The van der Waals surface area contributed by atoms with Gasteiger partial charge in [-0.25, -0.2) is 0 Å². The van der Waals surface area contributed by atoms with Gasteiger partial charge in [0.2, 0.25) is 5.91 Å². The fraction of sp³-hybridized carbons (Fsp3) is 0.385. The van der Waals surface area contributed by atoms with E-state index in [9.17, 15) is 9.59 Å². The third-order valence-electron chi connectivity index (χ3n) is 3.17.